The van der Waals surface area contributed by atoms with E-state index in [1.54, 1.807) is 0 Å². The second-order valence-corrected chi connectivity index (χ2v) is 5.53. The molecule has 2 heterocycles. The Balaban J connectivity index is 1.30. The molecule has 1 fully saturated rings. The highest BCUT2D eigenvalue weighted by Gasteiger charge is 2.20. The van der Waals surface area contributed by atoms with E-state index in [0.29, 0.717) is 12.6 Å². The maximum Gasteiger partial charge on any atom is 0.129 e. The molecule has 4 nitrogen and oxygen atoms in total. The van der Waals surface area contributed by atoms with Gasteiger partial charge in [0.15, 0.2) is 0 Å². The fourth-order valence-corrected chi connectivity index (χ4v) is 2.23. The fraction of sp³-hybridized carbons (Fsp3) is 0.471. The summed E-state index contributed by atoms with van der Waals surface area (Å²) in [6, 6.07) is 8.85. The third-order valence-corrected chi connectivity index (χ3v) is 3.61. The van der Waals surface area contributed by atoms with E-state index in [-0.39, 0.29) is 0 Å². The lowest BCUT2D eigenvalue weighted by molar-refractivity contribution is 0.103. The number of rotatable bonds is 9. The minimum absolute atomic E-state index is 0.555. The predicted octanol–water partition coefficient (Wildman–Crippen LogP) is 3.08. The molecule has 3 rings (SSSR count). The highest BCUT2D eigenvalue weighted by Crippen LogP contribution is 2.19. The number of aryl methyl sites for hydroxylation is 1. The van der Waals surface area contributed by atoms with E-state index in [2.05, 4.69) is 10.3 Å². The van der Waals surface area contributed by atoms with Gasteiger partial charge in [0.25, 0.3) is 0 Å². The monoisotopic (exact) mass is 286 g/mol. The molecule has 0 saturated heterocycles. The number of nitrogens with zero attached hydrogens (tertiary/aromatic N) is 1. The highest BCUT2D eigenvalue weighted by atomic mass is 16.5. The Labute approximate surface area is 125 Å². The summed E-state index contributed by atoms with van der Waals surface area (Å²) in [5, 5.41) is 3.44. The van der Waals surface area contributed by atoms with Gasteiger partial charge in [0.05, 0.1) is 6.54 Å². The zero-order valence-corrected chi connectivity index (χ0v) is 12.3. The molecule has 0 amide bonds. The van der Waals surface area contributed by atoms with Crippen LogP contribution in [-0.2, 0) is 24.3 Å². The molecule has 0 unspecified atom stereocenters. The lowest BCUT2D eigenvalue weighted by atomic mass is 10.1. The fourth-order valence-electron chi connectivity index (χ4n) is 2.23. The number of nitrogens with one attached hydrogen (secondary N) is 1. The van der Waals surface area contributed by atoms with Crippen LogP contribution in [0, 0.1) is 0 Å². The Hall–Kier alpha value is -1.65. The van der Waals surface area contributed by atoms with Crippen LogP contribution in [0.25, 0.3) is 0 Å². The van der Waals surface area contributed by atoms with Crippen molar-refractivity contribution in [2.45, 2.75) is 44.9 Å². The summed E-state index contributed by atoms with van der Waals surface area (Å²) in [4.78, 5) is 4.01. The molecule has 0 aromatic carbocycles. The first-order valence-corrected chi connectivity index (χ1v) is 7.68. The van der Waals surface area contributed by atoms with Crippen molar-refractivity contribution >= 4 is 0 Å². The number of hydrogen-bond donors (Lipinski definition) is 1. The van der Waals surface area contributed by atoms with Gasteiger partial charge in [0.1, 0.15) is 18.1 Å². The molecule has 0 radical (unpaired) electrons. The van der Waals surface area contributed by atoms with Gasteiger partial charge in [-0.3, -0.25) is 4.98 Å². The van der Waals surface area contributed by atoms with Crippen molar-refractivity contribution in [1.82, 2.24) is 10.3 Å². The third-order valence-electron chi connectivity index (χ3n) is 3.61. The lowest BCUT2D eigenvalue weighted by Gasteiger charge is -2.03. The molecule has 0 bridgehead atoms. The van der Waals surface area contributed by atoms with Gasteiger partial charge in [-0.05, 0) is 55.5 Å². The van der Waals surface area contributed by atoms with Crippen LogP contribution in [0.1, 0.15) is 36.3 Å². The molecule has 1 aliphatic carbocycles. The van der Waals surface area contributed by atoms with Crippen molar-refractivity contribution in [1.29, 1.82) is 0 Å². The molecule has 1 aliphatic rings. The van der Waals surface area contributed by atoms with Crippen molar-refractivity contribution in [3.05, 3.63) is 53.7 Å². The Kier molecular flexibility index (Phi) is 5.03. The molecule has 1 N–H and O–H groups in total. The van der Waals surface area contributed by atoms with Gasteiger partial charge in [0, 0.05) is 25.0 Å². The summed E-state index contributed by atoms with van der Waals surface area (Å²) in [6.07, 6.45) is 8.30. The summed E-state index contributed by atoms with van der Waals surface area (Å²) in [6.45, 7) is 2.13. The van der Waals surface area contributed by atoms with Crippen molar-refractivity contribution in [3.8, 4) is 0 Å². The Morgan fingerprint density at radius 1 is 1.14 bits per heavy atom. The first-order valence-electron chi connectivity index (χ1n) is 7.68. The van der Waals surface area contributed by atoms with Crippen LogP contribution in [0.3, 0.4) is 0 Å². The summed E-state index contributed by atoms with van der Waals surface area (Å²) in [5.74, 6) is 1.91. The second kappa shape index (κ2) is 7.38. The quantitative estimate of drug-likeness (QED) is 0.720. The van der Waals surface area contributed by atoms with Crippen molar-refractivity contribution < 1.29 is 9.15 Å². The number of hydrogen-bond acceptors (Lipinski definition) is 4. The Bertz CT molecular complexity index is 535. The highest BCUT2D eigenvalue weighted by molar-refractivity contribution is 5.09. The molecule has 1 saturated carbocycles. The van der Waals surface area contributed by atoms with Crippen LogP contribution in [0.4, 0.5) is 0 Å². The maximum absolute atomic E-state index is 5.73. The van der Waals surface area contributed by atoms with Crippen molar-refractivity contribution in [2.75, 3.05) is 6.61 Å². The van der Waals surface area contributed by atoms with Crippen LogP contribution in [0.15, 0.2) is 41.1 Å². The Morgan fingerprint density at radius 3 is 2.76 bits per heavy atom. The molecule has 0 aliphatic heterocycles. The minimum atomic E-state index is 0.555. The summed E-state index contributed by atoms with van der Waals surface area (Å²) in [7, 11) is 0. The standard InChI is InChI=1S/C17H22N2O2/c1(2-14-7-9-18-10-8-14)11-20-13-17-6-5-16(21-17)12-19-15-3-4-15/h5-10,15,19H,1-4,11-13H2. The topological polar surface area (TPSA) is 47.3 Å². The van der Waals surface area contributed by atoms with Gasteiger partial charge in [-0.2, -0.15) is 0 Å². The summed E-state index contributed by atoms with van der Waals surface area (Å²) < 4.78 is 11.4. The third kappa shape index (κ3) is 4.99. The largest absolute Gasteiger partial charge is 0.462 e. The lowest BCUT2D eigenvalue weighted by Crippen LogP contribution is -2.14. The van der Waals surface area contributed by atoms with Gasteiger partial charge >= 0.3 is 0 Å². The molecule has 2 aromatic heterocycles. The number of ether oxygens (including phenoxy) is 1. The van der Waals surface area contributed by atoms with E-state index in [1.807, 2.05) is 36.7 Å². The maximum atomic E-state index is 5.73. The molecule has 21 heavy (non-hydrogen) atoms. The molecule has 0 atom stereocenters. The molecule has 112 valence electrons. The molecular formula is C17H22N2O2. The molecule has 4 heteroatoms. The van der Waals surface area contributed by atoms with Crippen molar-refractivity contribution in [2.24, 2.45) is 0 Å². The number of pyridine rings is 1. The van der Waals surface area contributed by atoms with Crippen molar-refractivity contribution in [3.63, 3.8) is 0 Å². The smallest absolute Gasteiger partial charge is 0.129 e. The van der Waals surface area contributed by atoms with Crippen LogP contribution in [-0.4, -0.2) is 17.6 Å². The van der Waals surface area contributed by atoms with E-state index < -0.39 is 0 Å². The van der Waals surface area contributed by atoms with Crippen LogP contribution < -0.4 is 5.32 Å². The number of aromatic nitrogens is 1. The van der Waals surface area contributed by atoms with Crippen LogP contribution in [0.5, 0.6) is 0 Å². The van der Waals surface area contributed by atoms with E-state index in [0.717, 1.165) is 37.5 Å². The average Bonchev–Trinajstić information content (AvgIpc) is 3.25. The molecule has 0 spiro atoms. The Morgan fingerprint density at radius 2 is 1.95 bits per heavy atom. The van der Waals surface area contributed by atoms with Crippen LogP contribution in [0.2, 0.25) is 0 Å². The second-order valence-electron chi connectivity index (χ2n) is 5.53. The van der Waals surface area contributed by atoms with Crippen LogP contribution >= 0.6 is 0 Å². The van der Waals surface area contributed by atoms with Gasteiger partial charge < -0.3 is 14.5 Å². The first-order chi connectivity index (χ1) is 10.4. The van der Waals surface area contributed by atoms with E-state index in [9.17, 15) is 0 Å². The zero-order valence-electron chi connectivity index (χ0n) is 12.3. The summed E-state index contributed by atoms with van der Waals surface area (Å²) in [5.41, 5.74) is 1.31. The zero-order chi connectivity index (χ0) is 14.3. The minimum Gasteiger partial charge on any atom is -0.462 e. The van der Waals surface area contributed by atoms with E-state index >= 15 is 0 Å². The predicted molar refractivity (Wildman–Crippen MR) is 80.8 cm³/mol. The van der Waals surface area contributed by atoms with E-state index in [4.69, 9.17) is 9.15 Å². The first kappa shape index (κ1) is 14.3. The SMILES string of the molecule is c1cc(CCCOCc2ccc(CNC3CC3)o2)ccn1. The van der Waals surface area contributed by atoms with Gasteiger partial charge in [-0.25, -0.2) is 0 Å². The molecule has 2 aromatic rings. The van der Waals surface area contributed by atoms with Gasteiger partial charge in [0.2, 0.25) is 0 Å². The summed E-state index contributed by atoms with van der Waals surface area (Å²) >= 11 is 0. The molecular weight excluding hydrogens is 264 g/mol. The average molecular weight is 286 g/mol. The van der Waals surface area contributed by atoms with Gasteiger partial charge in [-0.15, -0.1) is 0 Å². The van der Waals surface area contributed by atoms with Gasteiger partial charge in [-0.1, -0.05) is 0 Å². The normalized spacial score (nSPS) is 14.5. The number of furan rings is 1. The van der Waals surface area contributed by atoms with E-state index in [1.165, 1.54) is 18.4 Å².